The normalized spacial score (nSPS) is 22.9. The monoisotopic (exact) mass is 204 g/mol. The third kappa shape index (κ3) is 2.80. The van der Waals surface area contributed by atoms with Crippen LogP contribution in [0.1, 0.15) is 36.4 Å². The Morgan fingerprint density at radius 1 is 1.40 bits per heavy atom. The van der Waals surface area contributed by atoms with Gasteiger partial charge in [-0.1, -0.05) is 29.8 Å². The van der Waals surface area contributed by atoms with Gasteiger partial charge >= 0.3 is 0 Å². The fraction of sp³-hybridized carbons (Fsp3) is 0.538. The molecule has 1 aliphatic rings. The summed E-state index contributed by atoms with van der Waals surface area (Å²) in [6.45, 7) is 3.26. The number of nitrogens with one attached hydrogen (secondary N) is 1. The highest BCUT2D eigenvalue weighted by molar-refractivity contribution is 5.24. The lowest BCUT2D eigenvalue weighted by Gasteiger charge is -2.17. The fourth-order valence-electron chi connectivity index (χ4n) is 2.21. The van der Waals surface area contributed by atoms with E-state index in [0.29, 0.717) is 6.04 Å². The number of nitrogens with two attached hydrogens (primary N) is 1. The molecule has 2 unspecified atom stereocenters. The predicted molar refractivity (Wildman–Crippen MR) is 63.7 cm³/mol. The van der Waals surface area contributed by atoms with Gasteiger partial charge in [-0.2, -0.15) is 0 Å². The van der Waals surface area contributed by atoms with Gasteiger partial charge in [-0.05, 0) is 38.3 Å². The first-order valence-electron chi connectivity index (χ1n) is 5.81. The van der Waals surface area contributed by atoms with Gasteiger partial charge in [0.15, 0.2) is 0 Å². The van der Waals surface area contributed by atoms with E-state index in [1.165, 1.54) is 24.0 Å². The first-order chi connectivity index (χ1) is 7.25. The standard InChI is InChI=1S/C13H20N2/c1-10-4-6-11(7-5-10)13(14)9-12-3-2-8-15-12/h4-7,12-13,15H,2-3,8-9,14H2,1H3. The Morgan fingerprint density at radius 3 is 2.73 bits per heavy atom. The van der Waals surface area contributed by atoms with Crippen LogP contribution >= 0.6 is 0 Å². The molecular weight excluding hydrogens is 184 g/mol. The van der Waals surface area contributed by atoms with Crippen LogP contribution in [-0.2, 0) is 0 Å². The topological polar surface area (TPSA) is 38.0 Å². The minimum Gasteiger partial charge on any atom is -0.324 e. The Labute approximate surface area is 91.9 Å². The van der Waals surface area contributed by atoms with Crippen molar-refractivity contribution in [3.8, 4) is 0 Å². The Kier molecular flexibility index (Phi) is 3.39. The first kappa shape index (κ1) is 10.7. The van der Waals surface area contributed by atoms with Crippen LogP contribution < -0.4 is 11.1 Å². The minimum atomic E-state index is 0.182. The second kappa shape index (κ2) is 4.77. The lowest BCUT2D eigenvalue weighted by molar-refractivity contribution is 0.499. The molecule has 2 rings (SSSR count). The number of benzene rings is 1. The Bertz CT molecular complexity index is 299. The van der Waals surface area contributed by atoms with Crippen LogP contribution in [-0.4, -0.2) is 12.6 Å². The largest absolute Gasteiger partial charge is 0.324 e. The average Bonchev–Trinajstić information content (AvgIpc) is 2.71. The Morgan fingerprint density at radius 2 is 2.13 bits per heavy atom. The van der Waals surface area contributed by atoms with Crippen molar-refractivity contribution in [1.29, 1.82) is 0 Å². The van der Waals surface area contributed by atoms with Gasteiger partial charge in [-0.25, -0.2) is 0 Å². The molecule has 0 aliphatic carbocycles. The second-order valence-electron chi connectivity index (χ2n) is 4.55. The van der Waals surface area contributed by atoms with Gasteiger partial charge in [0.05, 0.1) is 0 Å². The van der Waals surface area contributed by atoms with Crippen molar-refractivity contribution in [2.75, 3.05) is 6.54 Å². The van der Waals surface area contributed by atoms with E-state index < -0.39 is 0 Å². The molecule has 15 heavy (non-hydrogen) atoms. The van der Waals surface area contributed by atoms with Crippen molar-refractivity contribution >= 4 is 0 Å². The molecule has 0 spiro atoms. The summed E-state index contributed by atoms with van der Waals surface area (Å²) in [7, 11) is 0. The summed E-state index contributed by atoms with van der Waals surface area (Å²) in [6, 6.07) is 9.38. The molecule has 2 nitrogen and oxygen atoms in total. The molecule has 1 aromatic rings. The van der Waals surface area contributed by atoms with Crippen molar-refractivity contribution in [2.24, 2.45) is 5.73 Å². The molecule has 1 aromatic carbocycles. The smallest absolute Gasteiger partial charge is 0.0309 e. The number of rotatable bonds is 3. The van der Waals surface area contributed by atoms with Gasteiger partial charge in [0.1, 0.15) is 0 Å². The summed E-state index contributed by atoms with van der Waals surface area (Å²) in [6.07, 6.45) is 3.63. The van der Waals surface area contributed by atoms with E-state index in [1.807, 2.05) is 0 Å². The van der Waals surface area contributed by atoms with E-state index in [2.05, 4.69) is 36.5 Å². The zero-order valence-corrected chi connectivity index (χ0v) is 9.37. The zero-order chi connectivity index (χ0) is 10.7. The maximum atomic E-state index is 6.18. The van der Waals surface area contributed by atoms with E-state index in [4.69, 9.17) is 5.73 Å². The second-order valence-corrected chi connectivity index (χ2v) is 4.55. The number of aryl methyl sites for hydroxylation is 1. The van der Waals surface area contributed by atoms with E-state index in [0.717, 1.165) is 13.0 Å². The van der Waals surface area contributed by atoms with Gasteiger partial charge in [0.25, 0.3) is 0 Å². The van der Waals surface area contributed by atoms with Crippen LogP contribution in [0.3, 0.4) is 0 Å². The summed E-state index contributed by atoms with van der Waals surface area (Å²) in [5.74, 6) is 0. The predicted octanol–water partition coefficient (Wildman–Crippen LogP) is 2.14. The average molecular weight is 204 g/mol. The highest BCUT2D eigenvalue weighted by Crippen LogP contribution is 2.20. The highest BCUT2D eigenvalue weighted by Gasteiger charge is 2.17. The molecule has 3 N–H and O–H groups in total. The van der Waals surface area contributed by atoms with Crippen molar-refractivity contribution in [3.63, 3.8) is 0 Å². The van der Waals surface area contributed by atoms with Crippen molar-refractivity contribution in [3.05, 3.63) is 35.4 Å². The van der Waals surface area contributed by atoms with Gasteiger partial charge in [-0.3, -0.25) is 0 Å². The van der Waals surface area contributed by atoms with E-state index >= 15 is 0 Å². The molecule has 0 saturated carbocycles. The molecule has 82 valence electrons. The van der Waals surface area contributed by atoms with E-state index in [9.17, 15) is 0 Å². The molecule has 1 fully saturated rings. The zero-order valence-electron chi connectivity index (χ0n) is 9.37. The van der Waals surface area contributed by atoms with Crippen LogP contribution in [0.25, 0.3) is 0 Å². The summed E-state index contributed by atoms with van der Waals surface area (Å²) < 4.78 is 0. The maximum absolute atomic E-state index is 6.18. The minimum absolute atomic E-state index is 0.182. The molecule has 0 aromatic heterocycles. The Hall–Kier alpha value is -0.860. The maximum Gasteiger partial charge on any atom is 0.0309 e. The third-order valence-electron chi connectivity index (χ3n) is 3.21. The van der Waals surface area contributed by atoms with Crippen LogP contribution in [0, 0.1) is 6.92 Å². The van der Waals surface area contributed by atoms with Crippen molar-refractivity contribution in [2.45, 2.75) is 38.3 Å². The van der Waals surface area contributed by atoms with Crippen molar-refractivity contribution in [1.82, 2.24) is 5.32 Å². The van der Waals surface area contributed by atoms with Gasteiger partial charge < -0.3 is 11.1 Å². The van der Waals surface area contributed by atoms with E-state index in [-0.39, 0.29) is 6.04 Å². The SMILES string of the molecule is Cc1ccc(C(N)CC2CCCN2)cc1. The van der Waals surface area contributed by atoms with Crippen LogP contribution in [0.5, 0.6) is 0 Å². The Balaban J connectivity index is 1.94. The van der Waals surface area contributed by atoms with Gasteiger partial charge in [0, 0.05) is 12.1 Å². The number of hydrogen-bond acceptors (Lipinski definition) is 2. The van der Waals surface area contributed by atoms with Gasteiger partial charge in [-0.15, -0.1) is 0 Å². The summed E-state index contributed by atoms with van der Waals surface area (Å²) >= 11 is 0. The van der Waals surface area contributed by atoms with Crippen LogP contribution in [0.15, 0.2) is 24.3 Å². The molecule has 2 heteroatoms. The molecule has 0 bridgehead atoms. The summed E-state index contributed by atoms with van der Waals surface area (Å²) in [4.78, 5) is 0. The molecule has 2 atom stereocenters. The lowest BCUT2D eigenvalue weighted by Crippen LogP contribution is -2.26. The first-order valence-corrected chi connectivity index (χ1v) is 5.81. The molecule has 1 heterocycles. The number of hydrogen-bond donors (Lipinski definition) is 2. The third-order valence-corrected chi connectivity index (χ3v) is 3.21. The molecule has 1 saturated heterocycles. The van der Waals surface area contributed by atoms with Crippen LogP contribution in [0.4, 0.5) is 0 Å². The van der Waals surface area contributed by atoms with E-state index in [1.54, 1.807) is 0 Å². The fourth-order valence-corrected chi connectivity index (χ4v) is 2.21. The summed E-state index contributed by atoms with van der Waals surface area (Å²) in [5.41, 5.74) is 8.74. The quantitative estimate of drug-likeness (QED) is 0.791. The van der Waals surface area contributed by atoms with Crippen LogP contribution in [0.2, 0.25) is 0 Å². The lowest BCUT2D eigenvalue weighted by atomic mass is 9.98. The molecule has 1 aliphatic heterocycles. The summed E-state index contributed by atoms with van der Waals surface area (Å²) in [5, 5.41) is 3.49. The molecule has 0 radical (unpaired) electrons. The molecule has 0 amide bonds. The van der Waals surface area contributed by atoms with Gasteiger partial charge in [0.2, 0.25) is 0 Å². The highest BCUT2D eigenvalue weighted by atomic mass is 14.9. The molecular formula is C13H20N2. The van der Waals surface area contributed by atoms with Crippen molar-refractivity contribution < 1.29 is 0 Å².